The van der Waals surface area contributed by atoms with Crippen LogP contribution in [0.15, 0.2) is 0 Å². The van der Waals surface area contributed by atoms with Crippen LogP contribution in [0.25, 0.3) is 0 Å². The second kappa shape index (κ2) is 9.82. The average molecular weight is 246 g/mol. The van der Waals surface area contributed by atoms with Crippen LogP contribution in [0, 0.1) is 11.8 Å². The second-order valence-electron chi connectivity index (χ2n) is 4.24. The van der Waals surface area contributed by atoms with E-state index in [-0.39, 0.29) is 0 Å². The van der Waals surface area contributed by atoms with Gasteiger partial charge in [-0.05, 0) is 11.8 Å². The molecule has 96 valence electrons. The Labute approximate surface area is 101 Å². The molecule has 0 radical (unpaired) electrons. The van der Waals surface area contributed by atoms with Crippen molar-refractivity contribution < 1.29 is 13.3 Å². The van der Waals surface area contributed by atoms with E-state index < -0.39 is 9.17 Å². The van der Waals surface area contributed by atoms with Gasteiger partial charge in [-0.15, -0.1) is 0 Å². The van der Waals surface area contributed by atoms with Crippen molar-refractivity contribution in [2.45, 2.75) is 53.4 Å². The Kier molecular flexibility index (Phi) is 9.58. The minimum Gasteiger partial charge on any atom is -0.496 e. The lowest BCUT2D eigenvalue weighted by Crippen LogP contribution is -2.20. The van der Waals surface area contributed by atoms with Crippen LogP contribution in [0.5, 0.6) is 0 Å². The predicted octanol–water partition coefficient (Wildman–Crippen LogP) is 3.31. The Morgan fingerprint density at radius 1 is 0.812 bits per heavy atom. The van der Waals surface area contributed by atoms with Gasteiger partial charge in [0, 0.05) is 0 Å². The summed E-state index contributed by atoms with van der Waals surface area (Å²) >= 11 is 0. The first kappa shape index (κ1) is 15.6. The van der Waals surface area contributed by atoms with E-state index in [1.807, 2.05) is 0 Å². The zero-order chi connectivity index (χ0) is 12.4. The Balaban J connectivity index is 3.65. The number of hydrogen-bond donors (Lipinski definition) is 0. The maximum Gasteiger partial charge on any atom is 0.767 e. The molecule has 0 unspecified atom stereocenters. The largest absolute Gasteiger partial charge is 0.767 e. The van der Waals surface area contributed by atoms with E-state index in [1.54, 1.807) is 0 Å². The van der Waals surface area contributed by atoms with Gasteiger partial charge in [-0.3, -0.25) is 4.46 Å². The average Bonchev–Trinajstić information content (AvgIpc) is 2.31. The maximum atomic E-state index is 11.5. The molecule has 0 aromatic carbocycles. The van der Waals surface area contributed by atoms with E-state index in [1.165, 1.54) is 0 Å². The summed E-state index contributed by atoms with van der Waals surface area (Å²) in [6.07, 6.45) is 4.27. The normalized spacial score (nSPS) is 10.9. The smallest absolute Gasteiger partial charge is 0.496 e. The molecule has 3 nitrogen and oxygen atoms in total. The standard InChI is InChI=1S/C12H26O3Si/c1-5-11(6-2)9-14-16(13)15-10-12(7-3)8-4/h11-12H,5-10H2,1-4H3. The molecule has 0 saturated heterocycles. The van der Waals surface area contributed by atoms with Crippen molar-refractivity contribution in [1.29, 1.82) is 0 Å². The van der Waals surface area contributed by atoms with Crippen LogP contribution in [-0.2, 0) is 13.3 Å². The molecule has 0 aliphatic heterocycles. The topological polar surface area (TPSA) is 35.5 Å². The van der Waals surface area contributed by atoms with Gasteiger partial charge in [0.2, 0.25) is 0 Å². The quantitative estimate of drug-likeness (QED) is 0.555. The molecule has 0 saturated carbocycles. The molecular weight excluding hydrogens is 220 g/mol. The van der Waals surface area contributed by atoms with Crippen molar-refractivity contribution in [2.75, 3.05) is 13.2 Å². The molecule has 0 amide bonds. The predicted molar refractivity (Wildman–Crippen MR) is 66.5 cm³/mol. The van der Waals surface area contributed by atoms with Gasteiger partial charge in [-0.2, -0.15) is 0 Å². The van der Waals surface area contributed by atoms with Gasteiger partial charge in [-0.1, -0.05) is 53.4 Å². The lowest BCUT2D eigenvalue weighted by molar-refractivity contribution is 0.125. The molecule has 0 N–H and O–H groups in total. The first-order chi connectivity index (χ1) is 7.67. The molecule has 0 aromatic heterocycles. The fraction of sp³-hybridized carbons (Fsp3) is 1.00. The molecule has 0 atom stereocenters. The summed E-state index contributed by atoms with van der Waals surface area (Å²) in [6.45, 7) is 9.63. The van der Waals surface area contributed by atoms with Gasteiger partial charge < -0.3 is 8.85 Å². The van der Waals surface area contributed by atoms with E-state index in [0.29, 0.717) is 25.0 Å². The van der Waals surface area contributed by atoms with Crippen LogP contribution < -0.4 is 0 Å². The van der Waals surface area contributed by atoms with Gasteiger partial charge in [0.1, 0.15) is 0 Å². The fourth-order valence-electron chi connectivity index (χ4n) is 1.46. The van der Waals surface area contributed by atoms with Crippen molar-refractivity contribution in [3.8, 4) is 0 Å². The summed E-state index contributed by atoms with van der Waals surface area (Å²) in [6, 6.07) is 0. The SMILES string of the molecule is CCC(CC)CO[Si](=O)OCC(CC)CC. The van der Waals surface area contributed by atoms with Crippen LogP contribution in [0.1, 0.15) is 53.4 Å². The highest BCUT2D eigenvalue weighted by molar-refractivity contribution is 6.26. The summed E-state index contributed by atoms with van der Waals surface area (Å²) in [7, 11) is -2.27. The third-order valence-electron chi connectivity index (χ3n) is 3.18. The van der Waals surface area contributed by atoms with Crippen LogP contribution in [0.2, 0.25) is 0 Å². The minimum atomic E-state index is -2.27. The first-order valence-electron chi connectivity index (χ1n) is 6.47. The third kappa shape index (κ3) is 6.98. The van der Waals surface area contributed by atoms with Crippen LogP contribution in [0.4, 0.5) is 0 Å². The number of rotatable bonds is 10. The van der Waals surface area contributed by atoms with Gasteiger partial charge in [0.05, 0.1) is 13.2 Å². The summed E-state index contributed by atoms with van der Waals surface area (Å²) < 4.78 is 22.0. The van der Waals surface area contributed by atoms with Crippen molar-refractivity contribution >= 4 is 9.17 Å². The second-order valence-corrected chi connectivity index (χ2v) is 5.31. The molecule has 0 aliphatic carbocycles. The summed E-state index contributed by atoms with van der Waals surface area (Å²) in [5, 5.41) is 0. The zero-order valence-corrected chi connectivity index (χ0v) is 12.1. The molecule has 0 aromatic rings. The third-order valence-corrected chi connectivity index (χ3v) is 3.99. The van der Waals surface area contributed by atoms with Crippen molar-refractivity contribution in [3.05, 3.63) is 0 Å². The summed E-state index contributed by atoms with van der Waals surface area (Å²) in [5.41, 5.74) is 0. The Morgan fingerprint density at radius 2 is 1.12 bits per heavy atom. The zero-order valence-electron chi connectivity index (χ0n) is 11.1. The van der Waals surface area contributed by atoms with E-state index >= 15 is 0 Å². The summed E-state index contributed by atoms with van der Waals surface area (Å²) in [4.78, 5) is 0. The van der Waals surface area contributed by atoms with Gasteiger partial charge in [-0.25, -0.2) is 0 Å². The van der Waals surface area contributed by atoms with Gasteiger partial charge in [0.25, 0.3) is 0 Å². The molecule has 0 heterocycles. The summed E-state index contributed by atoms with van der Waals surface area (Å²) in [5.74, 6) is 1.01. The van der Waals surface area contributed by atoms with E-state index in [9.17, 15) is 4.46 Å². The molecule has 0 aliphatic rings. The Morgan fingerprint density at radius 3 is 1.38 bits per heavy atom. The fourth-order valence-corrected chi connectivity index (χ4v) is 2.29. The molecule has 16 heavy (non-hydrogen) atoms. The monoisotopic (exact) mass is 246 g/mol. The highest BCUT2D eigenvalue weighted by Crippen LogP contribution is 2.09. The maximum absolute atomic E-state index is 11.5. The van der Waals surface area contributed by atoms with E-state index in [2.05, 4.69) is 27.7 Å². The lowest BCUT2D eigenvalue weighted by atomic mass is 10.1. The van der Waals surface area contributed by atoms with Crippen molar-refractivity contribution in [2.24, 2.45) is 11.8 Å². The van der Waals surface area contributed by atoms with Crippen LogP contribution in [0.3, 0.4) is 0 Å². The highest BCUT2D eigenvalue weighted by atomic mass is 28.3. The van der Waals surface area contributed by atoms with E-state index in [0.717, 1.165) is 25.7 Å². The first-order valence-corrected chi connectivity index (χ1v) is 7.69. The van der Waals surface area contributed by atoms with Gasteiger partial charge in [0.15, 0.2) is 0 Å². The van der Waals surface area contributed by atoms with E-state index in [4.69, 9.17) is 8.85 Å². The molecule has 0 rings (SSSR count). The Bertz CT molecular complexity index is 159. The molecule has 0 bridgehead atoms. The Hall–Kier alpha value is -0.383. The van der Waals surface area contributed by atoms with Crippen molar-refractivity contribution in [1.82, 2.24) is 0 Å². The van der Waals surface area contributed by atoms with Crippen molar-refractivity contribution in [3.63, 3.8) is 0 Å². The van der Waals surface area contributed by atoms with Gasteiger partial charge >= 0.3 is 9.17 Å². The molecule has 4 heteroatoms. The lowest BCUT2D eigenvalue weighted by Gasteiger charge is -2.15. The molecular formula is C12H26O3Si. The molecule has 0 fully saturated rings. The number of hydrogen-bond acceptors (Lipinski definition) is 3. The van der Waals surface area contributed by atoms with Crippen LogP contribution >= 0.6 is 0 Å². The minimum absolute atomic E-state index is 0.505. The molecule has 0 spiro atoms. The van der Waals surface area contributed by atoms with Crippen LogP contribution in [-0.4, -0.2) is 22.4 Å². The highest BCUT2D eigenvalue weighted by Gasteiger charge is 2.15.